The van der Waals surface area contributed by atoms with Crippen molar-refractivity contribution in [2.45, 2.75) is 0 Å². The van der Waals surface area contributed by atoms with Crippen LogP contribution in [0.25, 0.3) is 0 Å². The summed E-state index contributed by atoms with van der Waals surface area (Å²) in [4.78, 5) is 0. The lowest BCUT2D eigenvalue weighted by Crippen LogP contribution is -0.816. The summed E-state index contributed by atoms with van der Waals surface area (Å²) in [6, 6.07) is 0. The van der Waals surface area contributed by atoms with Gasteiger partial charge in [0.1, 0.15) is 6.45 Å². The van der Waals surface area contributed by atoms with Gasteiger partial charge in [0.15, 0.2) is 0 Å². The average Bonchev–Trinajstić information content (AvgIpc) is 0.811. The molecule has 2 unspecified atom stereocenters. The van der Waals surface area contributed by atoms with Gasteiger partial charge >= 0.3 is 0 Å². The van der Waals surface area contributed by atoms with Crippen LogP contribution < -0.4 is 0 Å². The van der Waals surface area contributed by atoms with E-state index >= 15 is 0 Å². The lowest BCUT2D eigenvalue weighted by atomic mass is 14.0. The molecule has 2 atom stereocenters. The quantitative estimate of drug-likeness (QED) is 0.372. The zero-order valence-electron chi connectivity index (χ0n) is 1.92. The number of hydrogen-bond donors (Lipinski definition) is 1. The number of hydrogen-bond acceptors (Lipinski definition) is 2. The maximum atomic E-state index is 7.95. The summed E-state index contributed by atoms with van der Waals surface area (Å²) in [7, 11) is 2.14. The molecule has 0 saturated heterocycles. The first-order valence-electron chi connectivity index (χ1n) is 0.658. The maximum Gasteiger partial charge on any atom is 0.117 e. The monoisotopic (exact) mass is 111 g/mol. The Bertz CT molecular complexity index is 52.2. The Morgan fingerprint density at radius 2 is 2.00 bits per heavy atom. The van der Waals surface area contributed by atoms with Gasteiger partial charge in [-0.1, -0.05) is 12.2 Å². The third-order valence-corrected chi connectivity index (χ3v) is 0. The van der Waals surface area contributed by atoms with Crippen molar-refractivity contribution in [2.75, 3.05) is 0 Å². The summed E-state index contributed by atoms with van der Waals surface area (Å²) in [6.07, 6.45) is -1.01. The van der Waals surface area contributed by atoms with Crippen molar-refractivity contribution in [2.24, 2.45) is 0 Å². The Hall–Kier alpha value is 0.790. The Balaban J connectivity index is 3.02. The van der Waals surface area contributed by atoms with Gasteiger partial charge in [0.25, 0.3) is 0 Å². The van der Waals surface area contributed by atoms with E-state index in [1.165, 1.54) is 0 Å². The third-order valence-electron chi connectivity index (χ3n) is 0. The molecule has 24 valence electrons. The van der Waals surface area contributed by atoms with Crippen LogP contribution in [-0.4, -0.2) is 0 Å². The van der Waals surface area contributed by atoms with Crippen molar-refractivity contribution < 1.29 is 0 Å². The molecule has 1 nitrogen and oxygen atoms in total. The van der Waals surface area contributed by atoms with E-state index < -0.39 is 6.45 Å². The van der Waals surface area contributed by atoms with Crippen molar-refractivity contribution in [1.82, 2.24) is 0 Å². The van der Waals surface area contributed by atoms with Gasteiger partial charge in [0, 0.05) is 0 Å². The van der Waals surface area contributed by atoms with E-state index in [2.05, 4.69) is 21.2 Å². The Kier molecular flexibility index (Phi) is 2.46. The van der Waals surface area contributed by atoms with E-state index in [-0.39, 0.29) is 0 Å². The molecular formula is H3NP2S. The van der Waals surface area contributed by atoms with Gasteiger partial charge in [0.05, 0.1) is 0 Å². The highest BCUT2D eigenvalue weighted by molar-refractivity contribution is 8.58. The van der Waals surface area contributed by atoms with Crippen molar-refractivity contribution in [3.05, 3.63) is 0 Å². The molecule has 4 heavy (non-hydrogen) atoms. The fourth-order valence-electron chi connectivity index (χ4n) is 0. The van der Waals surface area contributed by atoms with E-state index in [1.807, 2.05) is 0 Å². The first-order chi connectivity index (χ1) is 1.73. The molecule has 0 aliphatic heterocycles. The fourth-order valence-corrected chi connectivity index (χ4v) is 0. The summed E-state index contributed by atoms with van der Waals surface area (Å²) in [5, 5.41) is 7.95. The maximum absolute atomic E-state index is 7.95. The van der Waals surface area contributed by atoms with Gasteiger partial charge in [0.2, 0.25) is 0 Å². The van der Waals surface area contributed by atoms with Crippen LogP contribution in [-0.2, 0) is 0 Å². The Morgan fingerprint density at radius 3 is 2.00 bits per heavy atom. The van der Waals surface area contributed by atoms with Gasteiger partial charge in [-0.25, -0.2) is 5.00 Å². The molecule has 0 aliphatic rings. The van der Waals surface area contributed by atoms with E-state index in [0.717, 1.165) is 0 Å². The van der Waals surface area contributed by atoms with Crippen LogP contribution in [0.5, 0.6) is 0 Å². The lowest BCUT2D eigenvalue weighted by Gasteiger charge is -1.52. The summed E-state index contributed by atoms with van der Waals surface area (Å²) in [6.45, 7) is 0. The first kappa shape index (κ1) is 4.79. The zero-order valence-corrected chi connectivity index (χ0v) is 4.86. The van der Waals surface area contributed by atoms with E-state index in [4.69, 9.17) is 5.00 Å². The van der Waals surface area contributed by atoms with E-state index in [9.17, 15) is 0 Å². The van der Waals surface area contributed by atoms with Crippen LogP contribution >= 0.6 is 27.6 Å². The summed E-state index contributed by atoms with van der Waals surface area (Å²) in [5.41, 5.74) is 0. The highest BCUT2D eigenvalue weighted by Crippen LogP contribution is 2.30. The summed E-state index contributed by atoms with van der Waals surface area (Å²) < 4.78 is 0. The molecule has 0 amide bonds. The second kappa shape index (κ2) is 2.05. The van der Waals surface area contributed by atoms with Crippen LogP contribution in [0, 0.1) is 5.00 Å². The topological polar surface area (TPSA) is 23.8 Å². The van der Waals surface area contributed by atoms with Crippen molar-refractivity contribution in [1.29, 1.82) is 5.00 Å². The summed E-state index contributed by atoms with van der Waals surface area (Å²) in [5.74, 6) is 0. The second-order valence-electron chi connectivity index (χ2n) is 0.320. The minimum absolute atomic E-state index is 1.01. The van der Waals surface area contributed by atoms with Crippen LogP contribution in [0.2, 0.25) is 0 Å². The van der Waals surface area contributed by atoms with Gasteiger partial charge in [-0.2, -0.15) is 0 Å². The Labute approximate surface area is 33.4 Å². The van der Waals surface area contributed by atoms with Crippen LogP contribution in [0.4, 0.5) is 0 Å². The van der Waals surface area contributed by atoms with Crippen molar-refractivity contribution in [3.63, 3.8) is 0 Å². The van der Waals surface area contributed by atoms with Gasteiger partial charge in [-0.15, -0.1) is 0 Å². The molecule has 0 bridgehead atoms. The normalized spacial score (nSPS) is 10.8. The third kappa shape index (κ3) is 14.3. The first-order valence-corrected chi connectivity index (χ1v) is 4.72. The largest absolute Gasteiger partial charge is 0.229 e. The highest BCUT2D eigenvalue weighted by atomic mass is 32.8. The molecule has 0 heterocycles. The highest BCUT2D eigenvalue weighted by Gasteiger charge is 1.55. The summed E-state index contributed by atoms with van der Waals surface area (Å²) >= 11 is 3.55. The SMILES string of the molecule is N#P(P)S. The minimum atomic E-state index is -1.01. The smallest absolute Gasteiger partial charge is 0.117 e. The standard InChI is InChI=1S/H3NP2S/c1-3(2)4/h4H,2H2. The molecule has 0 fully saturated rings. The average molecular weight is 111 g/mol. The van der Waals surface area contributed by atoms with Gasteiger partial charge in [-0.3, -0.25) is 0 Å². The number of rotatable bonds is 0. The van der Waals surface area contributed by atoms with E-state index in [1.54, 1.807) is 0 Å². The predicted molar refractivity (Wildman–Crippen MR) is 27.3 cm³/mol. The molecule has 0 rings (SSSR count). The molecule has 0 N–H and O–H groups in total. The molecule has 0 aromatic rings. The second-order valence-corrected chi connectivity index (χ2v) is 4.96. The lowest BCUT2D eigenvalue weighted by molar-refractivity contribution is 1.66. The molecule has 0 aromatic carbocycles. The molecule has 0 radical (unpaired) electrons. The fraction of sp³-hybridized carbons (Fsp3) is 0. The van der Waals surface area contributed by atoms with Crippen LogP contribution in [0.1, 0.15) is 0 Å². The van der Waals surface area contributed by atoms with Crippen LogP contribution in [0.3, 0.4) is 0 Å². The Morgan fingerprint density at radius 1 is 2.00 bits per heavy atom. The zero-order chi connectivity index (χ0) is 3.58. The number of nitrogens with zero attached hydrogens (tertiary/aromatic N) is 1. The predicted octanol–water partition coefficient (Wildman–Crippen LogP) is 1.58. The van der Waals surface area contributed by atoms with Gasteiger partial charge in [-0.05, 0) is 8.93 Å². The molecular weight excluding hydrogens is 108 g/mol. The molecule has 0 aromatic heterocycles. The van der Waals surface area contributed by atoms with E-state index in [0.29, 0.717) is 0 Å². The van der Waals surface area contributed by atoms with Gasteiger partial charge < -0.3 is 0 Å². The molecule has 0 saturated carbocycles. The molecule has 0 spiro atoms. The van der Waals surface area contributed by atoms with Crippen molar-refractivity contribution in [3.8, 4) is 0 Å². The molecule has 0 aliphatic carbocycles. The minimum Gasteiger partial charge on any atom is -0.229 e. The van der Waals surface area contributed by atoms with Crippen LogP contribution in [0.15, 0.2) is 0 Å². The number of thiol groups is 1. The van der Waals surface area contributed by atoms with Crippen molar-refractivity contribution >= 4 is 27.6 Å². The molecule has 4 heteroatoms.